The first-order valence-electron chi connectivity index (χ1n) is 7.00. The van der Waals surface area contributed by atoms with Crippen LogP contribution in [-0.2, 0) is 4.79 Å². The van der Waals surface area contributed by atoms with Gasteiger partial charge < -0.3 is 15.4 Å². The topological polar surface area (TPSA) is 50.4 Å². The molecule has 2 rings (SSSR count). The van der Waals surface area contributed by atoms with Crippen LogP contribution in [0.4, 0.5) is 10.1 Å². The third-order valence-corrected chi connectivity index (χ3v) is 3.74. The Hall–Kier alpha value is -1.62. The molecule has 0 radical (unpaired) electrons. The third-order valence-electron chi connectivity index (χ3n) is 3.74. The van der Waals surface area contributed by atoms with Crippen molar-refractivity contribution in [3.63, 3.8) is 0 Å². The predicted octanol–water partition coefficient (Wildman–Crippen LogP) is 2.55. The molecule has 0 saturated carbocycles. The van der Waals surface area contributed by atoms with Gasteiger partial charge in [-0.15, -0.1) is 0 Å². The van der Waals surface area contributed by atoms with E-state index < -0.39 is 5.82 Å². The van der Waals surface area contributed by atoms with E-state index >= 15 is 0 Å². The van der Waals surface area contributed by atoms with Crippen LogP contribution >= 0.6 is 0 Å². The van der Waals surface area contributed by atoms with E-state index in [-0.39, 0.29) is 17.1 Å². The minimum atomic E-state index is -0.458. The van der Waals surface area contributed by atoms with Gasteiger partial charge in [-0.1, -0.05) is 6.92 Å². The average molecular weight is 280 g/mol. The number of benzene rings is 1. The van der Waals surface area contributed by atoms with E-state index in [0.29, 0.717) is 12.3 Å². The van der Waals surface area contributed by atoms with Crippen LogP contribution in [0.2, 0.25) is 0 Å². The molecular weight excluding hydrogens is 259 g/mol. The summed E-state index contributed by atoms with van der Waals surface area (Å²) in [5.41, 5.74) is 0.0797. The maximum Gasteiger partial charge on any atom is 0.230 e. The van der Waals surface area contributed by atoms with Crippen molar-refractivity contribution >= 4 is 11.6 Å². The lowest BCUT2D eigenvalue weighted by molar-refractivity contribution is -0.126. The number of carbonyl (C=O) groups excluding carboxylic acids is 1. The maximum absolute atomic E-state index is 13.7. The molecule has 0 aromatic heterocycles. The van der Waals surface area contributed by atoms with Crippen molar-refractivity contribution in [3.8, 4) is 5.75 Å². The monoisotopic (exact) mass is 280 g/mol. The van der Waals surface area contributed by atoms with Crippen LogP contribution < -0.4 is 15.4 Å². The van der Waals surface area contributed by atoms with Gasteiger partial charge in [-0.3, -0.25) is 4.79 Å². The minimum Gasteiger partial charge on any atom is -0.491 e. The molecule has 0 atom stereocenters. The van der Waals surface area contributed by atoms with Gasteiger partial charge >= 0.3 is 0 Å². The molecule has 1 aromatic carbocycles. The van der Waals surface area contributed by atoms with Crippen LogP contribution in [0.3, 0.4) is 0 Å². The number of piperidine rings is 1. The molecule has 1 saturated heterocycles. The molecule has 20 heavy (non-hydrogen) atoms. The Balaban J connectivity index is 2.06. The van der Waals surface area contributed by atoms with Gasteiger partial charge in [0, 0.05) is 17.2 Å². The summed E-state index contributed by atoms with van der Waals surface area (Å²) in [6, 6.07) is 4.50. The minimum absolute atomic E-state index is 0.0532. The van der Waals surface area contributed by atoms with Crippen molar-refractivity contribution in [1.29, 1.82) is 0 Å². The Morgan fingerprint density at radius 3 is 2.75 bits per heavy atom. The standard InChI is InChI=1S/C15H21FN2O2/c1-3-20-13-5-4-11(10-12(13)16)18-14(19)15(2)6-8-17-9-7-15/h4-5,10,17H,3,6-9H2,1-2H3,(H,18,19). The number of amides is 1. The molecule has 110 valence electrons. The zero-order valence-corrected chi connectivity index (χ0v) is 12.0. The van der Waals surface area contributed by atoms with E-state index in [1.165, 1.54) is 6.07 Å². The molecule has 5 heteroatoms. The number of rotatable bonds is 4. The Bertz CT molecular complexity index is 485. The van der Waals surface area contributed by atoms with Gasteiger partial charge in [0.15, 0.2) is 11.6 Å². The number of carbonyl (C=O) groups is 1. The van der Waals surface area contributed by atoms with Gasteiger partial charge in [-0.05, 0) is 45.0 Å². The summed E-state index contributed by atoms with van der Waals surface area (Å²) in [6.07, 6.45) is 1.58. The molecule has 1 fully saturated rings. The average Bonchev–Trinajstić information content (AvgIpc) is 2.43. The second-order valence-electron chi connectivity index (χ2n) is 5.34. The molecule has 2 N–H and O–H groups in total. The van der Waals surface area contributed by atoms with Gasteiger partial charge in [0.2, 0.25) is 5.91 Å². The number of nitrogens with one attached hydrogen (secondary N) is 2. The van der Waals surface area contributed by atoms with E-state index in [4.69, 9.17) is 4.74 Å². The van der Waals surface area contributed by atoms with Crippen LogP contribution in [0.25, 0.3) is 0 Å². The lowest BCUT2D eigenvalue weighted by Crippen LogP contribution is -2.42. The van der Waals surface area contributed by atoms with E-state index in [0.717, 1.165) is 25.9 Å². The highest BCUT2D eigenvalue weighted by Crippen LogP contribution is 2.30. The van der Waals surface area contributed by atoms with Crippen molar-refractivity contribution < 1.29 is 13.9 Å². The molecule has 1 aliphatic rings. The Morgan fingerprint density at radius 1 is 1.45 bits per heavy atom. The summed E-state index contributed by atoms with van der Waals surface area (Å²) < 4.78 is 18.9. The van der Waals surface area contributed by atoms with Crippen molar-refractivity contribution in [2.24, 2.45) is 5.41 Å². The van der Waals surface area contributed by atoms with E-state index in [9.17, 15) is 9.18 Å². The molecule has 0 bridgehead atoms. The second-order valence-corrected chi connectivity index (χ2v) is 5.34. The summed E-state index contributed by atoms with van der Waals surface area (Å²) in [4.78, 5) is 12.3. The summed E-state index contributed by atoms with van der Waals surface area (Å²) in [5.74, 6) is -0.304. The highest BCUT2D eigenvalue weighted by Gasteiger charge is 2.34. The summed E-state index contributed by atoms with van der Waals surface area (Å²) in [6.45, 7) is 5.83. The first-order valence-corrected chi connectivity index (χ1v) is 7.00. The van der Waals surface area contributed by atoms with E-state index in [1.54, 1.807) is 19.1 Å². The zero-order valence-electron chi connectivity index (χ0n) is 12.0. The molecule has 1 amide bonds. The number of hydrogen-bond donors (Lipinski definition) is 2. The largest absolute Gasteiger partial charge is 0.491 e. The van der Waals surface area contributed by atoms with Crippen molar-refractivity contribution in [2.45, 2.75) is 26.7 Å². The quantitative estimate of drug-likeness (QED) is 0.891. The SMILES string of the molecule is CCOc1ccc(NC(=O)C2(C)CCNCC2)cc1F. The number of halogens is 1. The lowest BCUT2D eigenvalue weighted by atomic mass is 9.80. The lowest BCUT2D eigenvalue weighted by Gasteiger charge is -2.32. The summed E-state index contributed by atoms with van der Waals surface area (Å²) in [5, 5.41) is 6.03. The van der Waals surface area contributed by atoms with E-state index in [2.05, 4.69) is 10.6 Å². The Kier molecular flexibility index (Phi) is 4.60. The first kappa shape index (κ1) is 14.8. The van der Waals surface area contributed by atoms with Gasteiger partial charge in [-0.2, -0.15) is 0 Å². The van der Waals surface area contributed by atoms with Crippen molar-refractivity contribution in [1.82, 2.24) is 5.32 Å². The van der Waals surface area contributed by atoms with Gasteiger partial charge in [0.25, 0.3) is 0 Å². The molecular formula is C15H21FN2O2. The number of ether oxygens (including phenoxy) is 1. The summed E-state index contributed by atoms with van der Waals surface area (Å²) >= 11 is 0. The fourth-order valence-corrected chi connectivity index (χ4v) is 2.34. The van der Waals surface area contributed by atoms with Crippen LogP contribution in [0.5, 0.6) is 5.75 Å². The van der Waals surface area contributed by atoms with Crippen LogP contribution in [0.1, 0.15) is 26.7 Å². The molecule has 1 aromatic rings. The van der Waals surface area contributed by atoms with Crippen LogP contribution in [0, 0.1) is 11.2 Å². The molecule has 4 nitrogen and oxygen atoms in total. The molecule has 0 unspecified atom stereocenters. The maximum atomic E-state index is 13.7. The van der Waals surface area contributed by atoms with Crippen LogP contribution in [0.15, 0.2) is 18.2 Å². The molecule has 1 aliphatic heterocycles. The van der Waals surface area contributed by atoms with Crippen molar-refractivity contribution in [3.05, 3.63) is 24.0 Å². The Morgan fingerprint density at radius 2 is 2.15 bits per heavy atom. The molecule has 1 heterocycles. The van der Waals surface area contributed by atoms with Gasteiger partial charge in [0.05, 0.1) is 6.61 Å². The highest BCUT2D eigenvalue weighted by molar-refractivity contribution is 5.95. The molecule has 0 aliphatic carbocycles. The van der Waals surface area contributed by atoms with Gasteiger partial charge in [0.1, 0.15) is 0 Å². The number of anilines is 1. The van der Waals surface area contributed by atoms with Crippen molar-refractivity contribution in [2.75, 3.05) is 25.0 Å². The predicted molar refractivity (Wildman–Crippen MR) is 76.4 cm³/mol. The third kappa shape index (κ3) is 3.28. The molecule has 0 spiro atoms. The van der Waals surface area contributed by atoms with Gasteiger partial charge in [-0.25, -0.2) is 4.39 Å². The fraction of sp³-hybridized carbons (Fsp3) is 0.533. The first-order chi connectivity index (χ1) is 9.55. The fourth-order valence-electron chi connectivity index (χ4n) is 2.34. The highest BCUT2D eigenvalue weighted by atomic mass is 19.1. The second kappa shape index (κ2) is 6.22. The smallest absolute Gasteiger partial charge is 0.230 e. The van der Waals surface area contributed by atoms with Crippen LogP contribution in [-0.4, -0.2) is 25.6 Å². The van der Waals surface area contributed by atoms with E-state index in [1.807, 2.05) is 6.92 Å². The zero-order chi connectivity index (χ0) is 14.6. The Labute approximate surface area is 118 Å². The summed E-state index contributed by atoms with van der Waals surface area (Å²) in [7, 11) is 0. The normalized spacial score (nSPS) is 17.6. The number of hydrogen-bond acceptors (Lipinski definition) is 3.